The minimum atomic E-state index is -1.30. The number of benzene rings is 1. The summed E-state index contributed by atoms with van der Waals surface area (Å²) < 4.78 is 21.6. The van der Waals surface area contributed by atoms with Crippen molar-refractivity contribution in [2.24, 2.45) is 0 Å². The number of hydrogen-bond donors (Lipinski definition) is 1. The number of carboxylic acid groups (broad SMARTS) is 1. The molecule has 28 heavy (non-hydrogen) atoms. The topological polar surface area (TPSA) is 84.7 Å². The Hall–Kier alpha value is -2.90. The maximum atomic E-state index is 14.5. The molecular formula is C20H24FN3O4. The lowest BCUT2D eigenvalue weighted by molar-refractivity contribution is 0.0184. The first-order chi connectivity index (χ1) is 13.2. The quantitative estimate of drug-likeness (QED) is 0.859. The number of aromatic nitrogens is 2. The van der Waals surface area contributed by atoms with Gasteiger partial charge in [-0.25, -0.2) is 14.0 Å². The van der Waals surface area contributed by atoms with E-state index < -0.39 is 17.4 Å². The Labute approximate surface area is 162 Å². The highest BCUT2D eigenvalue weighted by Crippen LogP contribution is 2.28. The van der Waals surface area contributed by atoms with Crippen LogP contribution in [0.4, 0.5) is 9.18 Å². The predicted octanol–water partition coefficient (Wildman–Crippen LogP) is 3.96. The molecule has 0 saturated carbocycles. The highest BCUT2D eigenvalue weighted by atomic mass is 19.1. The summed E-state index contributed by atoms with van der Waals surface area (Å²) in [4.78, 5) is 25.0. The molecule has 1 aliphatic heterocycles. The van der Waals surface area contributed by atoms with E-state index in [9.17, 15) is 14.0 Å². The van der Waals surface area contributed by atoms with Crippen LogP contribution >= 0.6 is 0 Å². The monoisotopic (exact) mass is 389 g/mol. The van der Waals surface area contributed by atoms with Crippen molar-refractivity contribution >= 4 is 12.1 Å². The Morgan fingerprint density at radius 3 is 2.54 bits per heavy atom. The van der Waals surface area contributed by atoms with Crippen molar-refractivity contribution < 1.29 is 23.8 Å². The fourth-order valence-electron chi connectivity index (χ4n) is 3.24. The van der Waals surface area contributed by atoms with Gasteiger partial charge in [-0.05, 0) is 39.7 Å². The van der Waals surface area contributed by atoms with Gasteiger partial charge in [0.05, 0.1) is 17.8 Å². The molecule has 0 aliphatic carbocycles. The summed E-state index contributed by atoms with van der Waals surface area (Å²) in [5.74, 6) is -2.07. The summed E-state index contributed by atoms with van der Waals surface area (Å²) >= 11 is 0. The lowest BCUT2D eigenvalue weighted by atomic mass is 10.0. The summed E-state index contributed by atoms with van der Waals surface area (Å²) in [6.45, 7) is 6.61. The molecule has 2 aromatic rings. The largest absolute Gasteiger partial charge is 0.478 e. The number of ether oxygens (including phenoxy) is 1. The molecule has 1 aliphatic rings. The maximum Gasteiger partial charge on any atom is 0.410 e. The second-order valence-corrected chi connectivity index (χ2v) is 7.88. The third-order valence-corrected chi connectivity index (χ3v) is 4.63. The van der Waals surface area contributed by atoms with Crippen LogP contribution in [0, 0.1) is 5.82 Å². The lowest BCUT2D eigenvalue weighted by Gasteiger charge is -2.33. The van der Waals surface area contributed by atoms with E-state index in [1.54, 1.807) is 15.8 Å². The van der Waals surface area contributed by atoms with Gasteiger partial charge in [0.15, 0.2) is 0 Å². The zero-order valence-electron chi connectivity index (χ0n) is 16.2. The molecule has 0 unspecified atom stereocenters. The molecule has 3 rings (SSSR count). The van der Waals surface area contributed by atoms with Gasteiger partial charge in [0.2, 0.25) is 0 Å². The Morgan fingerprint density at radius 2 is 1.93 bits per heavy atom. The standard InChI is InChI=1S/C20H24FN3O4/c1-20(2,3)28-19(27)23-9-7-14(8-10-23)24-12-13(11-22-24)15-5-4-6-16(17(15)21)18(25)26/h4-6,11-12,14H,7-10H2,1-3H3,(H,25,26). The summed E-state index contributed by atoms with van der Waals surface area (Å²) in [7, 11) is 0. The average molecular weight is 389 g/mol. The average Bonchev–Trinajstić information content (AvgIpc) is 3.10. The fourth-order valence-corrected chi connectivity index (χ4v) is 3.24. The van der Waals surface area contributed by atoms with Crippen LogP contribution in [-0.2, 0) is 4.74 Å². The third-order valence-electron chi connectivity index (χ3n) is 4.63. The Balaban J connectivity index is 1.69. The number of likely N-dealkylation sites (tertiary alicyclic amines) is 1. The summed E-state index contributed by atoms with van der Waals surface area (Å²) in [5, 5.41) is 13.4. The van der Waals surface area contributed by atoms with E-state index in [-0.39, 0.29) is 23.3 Å². The van der Waals surface area contributed by atoms with Crippen molar-refractivity contribution in [3.63, 3.8) is 0 Å². The molecule has 1 N–H and O–H groups in total. The summed E-state index contributed by atoms with van der Waals surface area (Å²) in [6.07, 6.45) is 4.35. The van der Waals surface area contributed by atoms with Crippen molar-refractivity contribution in [2.75, 3.05) is 13.1 Å². The van der Waals surface area contributed by atoms with Crippen LogP contribution in [0.2, 0.25) is 0 Å². The van der Waals surface area contributed by atoms with Gasteiger partial charge in [0, 0.05) is 30.4 Å². The fraction of sp³-hybridized carbons (Fsp3) is 0.450. The first kappa shape index (κ1) is 19.9. The van der Waals surface area contributed by atoms with Gasteiger partial charge in [-0.15, -0.1) is 0 Å². The molecule has 1 aromatic heterocycles. The Bertz CT molecular complexity index is 880. The second kappa shape index (κ2) is 7.61. The van der Waals surface area contributed by atoms with E-state index in [2.05, 4.69) is 5.10 Å². The van der Waals surface area contributed by atoms with E-state index in [4.69, 9.17) is 9.84 Å². The number of nitrogens with zero attached hydrogens (tertiary/aromatic N) is 3. The molecule has 2 heterocycles. The molecule has 1 saturated heterocycles. The molecule has 1 amide bonds. The van der Waals surface area contributed by atoms with Crippen molar-refractivity contribution in [2.45, 2.75) is 45.3 Å². The van der Waals surface area contributed by atoms with E-state index in [0.29, 0.717) is 31.5 Å². The minimum Gasteiger partial charge on any atom is -0.478 e. The SMILES string of the molecule is CC(C)(C)OC(=O)N1CCC(n2cc(-c3cccc(C(=O)O)c3F)cn2)CC1. The van der Waals surface area contributed by atoms with Crippen LogP contribution < -0.4 is 0 Å². The smallest absolute Gasteiger partial charge is 0.410 e. The number of halogens is 1. The molecule has 8 heteroatoms. The van der Waals surface area contributed by atoms with Crippen LogP contribution in [0.5, 0.6) is 0 Å². The summed E-state index contributed by atoms with van der Waals surface area (Å²) in [5.41, 5.74) is -0.164. The number of carbonyl (C=O) groups excluding carboxylic acids is 1. The number of carbonyl (C=O) groups is 2. The number of aromatic carboxylic acids is 1. The van der Waals surface area contributed by atoms with E-state index in [1.165, 1.54) is 24.4 Å². The highest BCUT2D eigenvalue weighted by molar-refractivity contribution is 5.89. The van der Waals surface area contributed by atoms with E-state index in [1.807, 2.05) is 20.8 Å². The van der Waals surface area contributed by atoms with Gasteiger partial charge in [-0.2, -0.15) is 5.10 Å². The van der Waals surface area contributed by atoms with Crippen molar-refractivity contribution in [1.29, 1.82) is 0 Å². The number of piperidine rings is 1. The van der Waals surface area contributed by atoms with Gasteiger partial charge in [-0.1, -0.05) is 12.1 Å². The first-order valence-corrected chi connectivity index (χ1v) is 9.20. The lowest BCUT2D eigenvalue weighted by Crippen LogP contribution is -2.42. The number of amides is 1. The summed E-state index contributed by atoms with van der Waals surface area (Å²) in [6, 6.07) is 4.36. The normalized spacial score (nSPS) is 15.5. The molecule has 0 spiro atoms. The van der Waals surface area contributed by atoms with E-state index in [0.717, 1.165) is 0 Å². The molecule has 0 bridgehead atoms. The second-order valence-electron chi connectivity index (χ2n) is 7.88. The van der Waals surface area contributed by atoms with Crippen LogP contribution in [0.3, 0.4) is 0 Å². The zero-order chi connectivity index (χ0) is 20.5. The first-order valence-electron chi connectivity index (χ1n) is 9.20. The van der Waals surface area contributed by atoms with Crippen LogP contribution in [0.1, 0.15) is 50.0 Å². The molecule has 1 aromatic carbocycles. The predicted molar refractivity (Wildman–Crippen MR) is 101 cm³/mol. The minimum absolute atomic E-state index is 0.0816. The molecular weight excluding hydrogens is 365 g/mol. The van der Waals surface area contributed by atoms with Crippen LogP contribution in [-0.4, -0.2) is 50.5 Å². The van der Waals surface area contributed by atoms with Gasteiger partial charge in [0.25, 0.3) is 0 Å². The van der Waals surface area contributed by atoms with Crippen molar-refractivity contribution in [3.8, 4) is 11.1 Å². The number of carboxylic acids is 1. The zero-order valence-corrected chi connectivity index (χ0v) is 16.2. The Morgan fingerprint density at radius 1 is 1.25 bits per heavy atom. The van der Waals surface area contributed by atoms with E-state index >= 15 is 0 Å². The molecule has 0 atom stereocenters. The van der Waals surface area contributed by atoms with Crippen LogP contribution in [0.25, 0.3) is 11.1 Å². The highest BCUT2D eigenvalue weighted by Gasteiger charge is 2.28. The van der Waals surface area contributed by atoms with Gasteiger partial charge in [-0.3, -0.25) is 4.68 Å². The number of hydrogen-bond acceptors (Lipinski definition) is 4. The van der Waals surface area contributed by atoms with Crippen molar-refractivity contribution in [1.82, 2.24) is 14.7 Å². The molecule has 0 radical (unpaired) electrons. The molecule has 150 valence electrons. The Kier molecular flexibility index (Phi) is 5.40. The third kappa shape index (κ3) is 4.32. The molecule has 7 nitrogen and oxygen atoms in total. The van der Waals surface area contributed by atoms with Gasteiger partial charge in [0.1, 0.15) is 11.4 Å². The van der Waals surface area contributed by atoms with Gasteiger partial charge >= 0.3 is 12.1 Å². The van der Waals surface area contributed by atoms with Crippen molar-refractivity contribution in [3.05, 3.63) is 42.0 Å². The molecule has 1 fully saturated rings. The van der Waals surface area contributed by atoms with Gasteiger partial charge < -0.3 is 14.7 Å². The maximum absolute atomic E-state index is 14.5. The van der Waals surface area contributed by atoms with Crippen LogP contribution in [0.15, 0.2) is 30.6 Å². The number of rotatable bonds is 3.